The van der Waals surface area contributed by atoms with E-state index in [1.165, 1.54) is 0 Å². The molecular weight excluding hydrogens is 286 g/mol. The Balaban J connectivity index is 1.84. The maximum absolute atomic E-state index is 11.9. The number of carbonyl (C=O) groups is 2. The highest BCUT2D eigenvalue weighted by molar-refractivity contribution is 5.87. The maximum atomic E-state index is 11.9. The molecule has 6 nitrogen and oxygen atoms in total. The summed E-state index contributed by atoms with van der Waals surface area (Å²) < 4.78 is 10.7. The summed E-state index contributed by atoms with van der Waals surface area (Å²) in [6, 6.07) is 5.81. The first-order valence-electron chi connectivity index (χ1n) is 7.25. The largest absolute Gasteiger partial charge is 0.493 e. The van der Waals surface area contributed by atoms with Crippen LogP contribution in [-0.2, 0) is 14.3 Å². The predicted octanol–water partition coefficient (Wildman–Crippen LogP) is 1.43. The molecule has 6 heteroatoms. The fraction of sp³-hybridized carbons (Fsp3) is 0.500. The van der Waals surface area contributed by atoms with Crippen LogP contribution in [0.15, 0.2) is 18.2 Å². The first-order valence-corrected chi connectivity index (χ1v) is 7.25. The molecule has 2 N–H and O–H groups in total. The lowest BCUT2D eigenvalue weighted by Gasteiger charge is -2.23. The summed E-state index contributed by atoms with van der Waals surface area (Å²) in [4.78, 5) is 23.2. The normalized spacial score (nSPS) is 20.6. The molecule has 0 bridgehead atoms. The third kappa shape index (κ3) is 3.76. The third-order valence-corrected chi connectivity index (χ3v) is 3.73. The molecule has 1 amide bonds. The number of amides is 1. The second-order valence-corrected chi connectivity index (χ2v) is 5.61. The van der Waals surface area contributed by atoms with Gasteiger partial charge in [0.25, 0.3) is 0 Å². The van der Waals surface area contributed by atoms with E-state index in [-0.39, 0.29) is 32.0 Å². The minimum Gasteiger partial charge on any atom is -0.493 e. The van der Waals surface area contributed by atoms with E-state index >= 15 is 0 Å². The summed E-state index contributed by atoms with van der Waals surface area (Å²) in [5.74, 6) is -0.679. The molecule has 1 atom stereocenters. The SMILES string of the molecule is Cc1ccc(OCCC(=O)NC2(C(=O)O)CCOC2)c(C)c1. The number of benzene rings is 1. The molecule has 1 aromatic carbocycles. The van der Waals surface area contributed by atoms with Crippen molar-refractivity contribution in [2.24, 2.45) is 0 Å². The minimum absolute atomic E-state index is 0.00595. The van der Waals surface area contributed by atoms with Crippen molar-refractivity contribution in [2.75, 3.05) is 19.8 Å². The molecule has 0 aliphatic carbocycles. The topological polar surface area (TPSA) is 84.9 Å². The van der Waals surface area contributed by atoms with Crippen LogP contribution < -0.4 is 10.1 Å². The molecule has 1 heterocycles. The number of ether oxygens (including phenoxy) is 2. The van der Waals surface area contributed by atoms with E-state index in [4.69, 9.17) is 9.47 Å². The lowest BCUT2D eigenvalue weighted by molar-refractivity contribution is -0.147. The van der Waals surface area contributed by atoms with E-state index in [0.717, 1.165) is 16.9 Å². The fourth-order valence-electron chi connectivity index (χ4n) is 2.43. The molecule has 1 aliphatic heterocycles. The van der Waals surface area contributed by atoms with Gasteiger partial charge in [0.15, 0.2) is 5.54 Å². The Morgan fingerprint density at radius 2 is 2.18 bits per heavy atom. The highest BCUT2D eigenvalue weighted by Gasteiger charge is 2.43. The zero-order chi connectivity index (χ0) is 16.2. The van der Waals surface area contributed by atoms with Gasteiger partial charge in [0.1, 0.15) is 5.75 Å². The van der Waals surface area contributed by atoms with Crippen molar-refractivity contribution >= 4 is 11.9 Å². The number of hydrogen-bond acceptors (Lipinski definition) is 4. The monoisotopic (exact) mass is 307 g/mol. The number of aliphatic carboxylic acids is 1. The zero-order valence-corrected chi connectivity index (χ0v) is 12.8. The Morgan fingerprint density at radius 1 is 1.41 bits per heavy atom. The van der Waals surface area contributed by atoms with E-state index in [0.29, 0.717) is 6.61 Å². The summed E-state index contributed by atoms with van der Waals surface area (Å²) in [7, 11) is 0. The third-order valence-electron chi connectivity index (χ3n) is 3.73. The van der Waals surface area contributed by atoms with Gasteiger partial charge >= 0.3 is 5.97 Å². The molecule has 22 heavy (non-hydrogen) atoms. The zero-order valence-electron chi connectivity index (χ0n) is 12.8. The van der Waals surface area contributed by atoms with Gasteiger partial charge in [0, 0.05) is 13.0 Å². The fourth-order valence-corrected chi connectivity index (χ4v) is 2.43. The molecule has 1 saturated heterocycles. The van der Waals surface area contributed by atoms with E-state index in [2.05, 4.69) is 5.32 Å². The van der Waals surface area contributed by atoms with Crippen molar-refractivity contribution in [3.05, 3.63) is 29.3 Å². The first-order chi connectivity index (χ1) is 10.4. The molecule has 1 unspecified atom stereocenters. The van der Waals surface area contributed by atoms with Crippen molar-refractivity contribution in [3.63, 3.8) is 0 Å². The highest BCUT2D eigenvalue weighted by Crippen LogP contribution is 2.20. The Hall–Kier alpha value is -2.08. The quantitative estimate of drug-likeness (QED) is 0.830. The summed E-state index contributed by atoms with van der Waals surface area (Å²) in [5, 5.41) is 11.8. The van der Waals surface area contributed by atoms with Crippen LogP contribution >= 0.6 is 0 Å². The van der Waals surface area contributed by atoms with Gasteiger partial charge in [-0.3, -0.25) is 4.79 Å². The number of carbonyl (C=O) groups excluding carboxylic acids is 1. The van der Waals surface area contributed by atoms with E-state index in [1.54, 1.807) is 0 Å². The van der Waals surface area contributed by atoms with Gasteiger partial charge in [0.05, 0.1) is 19.6 Å². The second-order valence-electron chi connectivity index (χ2n) is 5.61. The van der Waals surface area contributed by atoms with Crippen molar-refractivity contribution in [1.82, 2.24) is 5.32 Å². The molecule has 120 valence electrons. The molecule has 1 aliphatic rings. The van der Waals surface area contributed by atoms with Crippen LogP contribution in [-0.4, -0.2) is 42.3 Å². The van der Waals surface area contributed by atoms with Gasteiger partial charge in [-0.25, -0.2) is 4.79 Å². The molecule has 1 aromatic rings. The maximum Gasteiger partial charge on any atom is 0.331 e. The summed E-state index contributed by atoms with van der Waals surface area (Å²) in [6.45, 7) is 4.49. The van der Waals surface area contributed by atoms with Crippen molar-refractivity contribution < 1.29 is 24.2 Å². The van der Waals surface area contributed by atoms with Gasteiger partial charge in [-0.2, -0.15) is 0 Å². The first kappa shape index (κ1) is 16.3. The van der Waals surface area contributed by atoms with E-state index in [9.17, 15) is 14.7 Å². The van der Waals surface area contributed by atoms with Crippen molar-refractivity contribution in [2.45, 2.75) is 32.2 Å². The minimum atomic E-state index is -1.29. The van der Waals surface area contributed by atoms with Crippen LogP contribution in [0.3, 0.4) is 0 Å². The number of nitrogens with one attached hydrogen (secondary N) is 1. The Bertz CT molecular complexity index is 564. The molecule has 0 saturated carbocycles. The predicted molar refractivity (Wildman–Crippen MR) is 80.0 cm³/mol. The van der Waals surface area contributed by atoms with E-state index < -0.39 is 11.5 Å². The van der Waals surface area contributed by atoms with Crippen LogP contribution in [0, 0.1) is 13.8 Å². The van der Waals surface area contributed by atoms with Gasteiger partial charge < -0.3 is 19.9 Å². The number of carboxylic acid groups (broad SMARTS) is 1. The Kier molecular flexibility index (Phi) is 5.03. The van der Waals surface area contributed by atoms with Gasteiger partial charge in [-0.15, -0.1) is 0 Å². The lowest BCUT2D eigenvalue weighted by atomic mass is 9.99. The van der Waals surface area contributed by atoms with Crippen molar-refractivity contribution in [1.29, 1.82) is 0 Å². The Labute approximate surface area is 129 Å². The average Bonchev–Trinajstić information content (AvgIpc) is 2.91. The standard InChI is InChI=1S/C16H21NO5/c1-11-3-4-13(12(2)9-11)22-7-5-14(18)17-16(15(19)20)6-8-21-10-16/h3-4,9H,5-8,10H2,1-2H3,(H,17,18)(H,19,20). The van der Waals surface area contributed by atoms with Gasteiger partial charge in [-0.05, 0) is 25.5 Å². The molecule has 0 aromatic heterocycles. The number of aryl methyl sites for hydroxylation is 2. The van der Waals surface area contributed by atoms with E-state index in [1.807, 2.05) is 32.0 Å². The summed E-state index contributed by atoms with van der Waals surface area (Å²) in [5.41, 5.74) is 0.857. The van der Waals surface area contributed by atoms with Gasteiger partial charge in [-0.1, -0.05) is 17.7 Å². The van der Waals surface area contributed by atoms with Crippen LogP contribution in [0.25, 0.3) is 0 Å². The number of carboxylic acids is 1. The summed E-state index contributed by atoms with van der Waals surface area (Å²) >= 11 is 0. The smallest absolute Gasteiger partial charge is 0.331 e. The average molecular weight is 307 g/mol. The Morgan fingerprint density at radius 3 is 2.77 bits per heavy atom. The molecular formula is C16H21NO5. The number of rotatable bonds is 6. The molecule has 0 spiro atoms. The van der Waals surface area contributed by atoms with Crippen LogP contribution in [0.1, 0.15) is 24.0 Å². The van der Waals surface area contributed by atoms with Crippen molar-refractivity contribution in [3.8, 4) is 5.75 Å². The second kappa shape index (κ2) is 6.79. The van der Waals surface area contributed by atoms with Crippen LogP contribution in [0.5, 0.6) is 5.75 Å². The summed E-state index contributed by atoms with van der Waals surface area (Å²) in [6.07, 6.45) is 0.383. The van der Waals surface area contributed by atoms with Gasteiger partial charge in [0.2, 0.25) is 5.91 Å². The highest BCUT2D eigenvalue weighted by atomic mass is 16.5. The molecule has 1 fully saturated rings. The van der Waals surface area contributed by atoms with Crippen LogP contribution in [0.4, 0.5) is 0 Å². The molecule has 2 rings (SSSR count). The number of hydrogen-bond donors (Lipinski definition) is 2. The lowest BCUT2D eigenvalue weighted by Crippen LogP contribution is -2.55. The molecule has 0 radical (unpaired) electrons. The van der Waals surface area contributed by atoms with Crippen LogP contribution in [0.2, 0.25) is 0 Å².